The summed E-state index contributed by atoms with van der Waals surface area (Å²) in [6, 6.07) is 5.54. The van der Waals surface area contributed by atoms with Crippen LogP contribution in [0.5, 0.6) is 0 Å². The van der Waals surface area contributed by atoms with Crippen molar-refractivity contribution in [3.05, 3.63) is 29.6 Å². The summed E-state index contributed by atoms with van der Waals surface area (Å²) in [5.74, 6) is -0.395. The molecule has 6 heteroatoms. The molecule has 18 heavy (non-hydrogen) atoms. The first kappa shape index (κ1) is 13.0. The Bertz CT molecular complexity index is 593. The van der Waals surface area contributed by atoms with Crippen molar-refractivity contribution in [3.8, 4) is 6.07 Å². The fourth-order valence-electron chi connectivity index (χ4n) is 2.13. The Kier molecular flexibility index (Phi) is 3.64. The van der Waals surface area contributed by atoms with Gasteiger partial charge in [-0.25, -0.2) is 12.8 Å². The van der Waals surface area contributed by atoms with Crippen molar-refractivity contribution in [2.24, 2.45) is 0 Å². The van der Waals surface area contributed by atoms with E-state index in [0.717, 1.165) is 6.07 Å². The number of hydrogen-bond acceptors (Lipinski definition) is 4. The van der Waals surface area contributed by atoms with Crippen molar-refractivity contribution >= 4 is 9.84 Å². The summed E-state index contributed by atoms with van der Waals surface area (Å²) >= 11 is 0. The van der Waals surface area contributed by atoms with Gasteiger partial charge in [0.25, 0.3) is 0 Å². The summed E-state index contributed by atoms with van der Waals surface area (Å²) in [6.07, 6.45) is 0.748. The van der Waals surface area contributed by atoms with Crippen LogP contribution >= 0.6 is 0 Å². The number of nitrogens with one attached hydrogen (secondary N) is 1. The highest BCUT2D eigenvalue weighted by atomic mass is 32.2. The predicted molar refractivity (Wildman–Crippen MR) is 64.0 cm³/mol. The maximum atomic E-state index is 13.2. The van der Waals surface area contributed by atoms with Crippen LogP contribution in [0, 0.1) is 17.1 Å². The molecule has 2 rings (SSSR count). The minimum Gasteiger partial charge on any atom is -0.309 e. The maximum Gasteiger partial charge on any atom is 0.178 e. The second kappa shape index (κ2) is 5.04. The Labute approximate surface area is 105 Å². The van der Waals surface area contributed by atoms with Crippen LogP contribution in [-0.4, -0.2) is 20.7 Å². The van der Waals surface area contributed by atoms with E-state index in [2.05, 4.69) is 5.32 Å². The Balaban J connectivity index is 2.33. The van der Waals surface area contributed by atoms with Crippen LogP contribution in [0.1, 0.15) is 24.4 Å². The largest absolute Gasteiger partial charge is 0.309 e. The van der Waals surface area contributed by atoms with Crippen LogP contribution in [-0.2, 0) is 9.84 Å². The zero-order chi connectivity index (χ0) is 13.2. The van der Waals surface area contributed by atoms with Gasteiger partial charge in [-0.15, -0.1) is 0 Å². The van der Waals surface area contributed by atoms with E-state index in [1.807, 2.05) is 6.07 Å². The average Bonchev–Trinajstić information content (AvgIpc) is 2.32. The van der Waals surface area contributed by atoms with Crippen LogP contribution in [0.4, 0.5) is 4.39 Å². The van der Waals surface area contributed by atoms with Gasteiger partial charge < -0.3 is 5.32 Å². The van der Waals surface area contributed by atoms with E-state index in [1.165, 1.54) is 12.1 Å². The van der Waals surface area contributed by atoms with Crippen molar-refractivity contribution in [3.63, 3.8) is 0 Å². The number of nitrogens with zero attached hydrogens (tertiary/aromatic N) is 1. The minimum absolute atomic E-state index is 0.0514. The highest BCUT2D eigenvalue weighted by Gasteiger charge is 2.30. The summed E-state index contributed by atoms with van der Waals surface area (Å²) in [7, 11) is -3.29. The molecule has 0 fully saturated rings. The molecule has 4 nitrogen and oxygen atoms in total. The molecule has 0 radical (unpaired) electrons. The van der Waals surface area contributed by atoms with E-state index in [1.54, 1.807) is 0 Å². The predicted octanol–water partition coefficient (Wildman–Crippen LogP) is 1.55. The highest BCUT2D eigenvalue weighted by molar-refractivity contribution is 7.91. The molecule has 0 spiro atoms. The van der Waals surface area contributed by atoms with Gasteiger partial charge >= 0.3 is 0 Å². The molecule has 96 valence electrons. The molecule has 0 saturated carbocycles. The lowest BCUT2D eigenvalue weighted by atomic mass is 10.0. The van der Waals surface area contributed by atoms with Crippen molar-refractivity contribution < 1.29 is 12.8 Å². The molecule has 0 saturated heterocycles. The Hall–Kier alpha value is -1.45. The maximum absolute atomic E-state index is 13.2. The van der Waals surface area contributed by atoms with E-state index >= 15 is 0 Å². The van der Waals surface area contributed by atoms with Gasteiger partial charge in [0.1, 0.15) is 5.82 Å². The molecular weight excluding hydrogens is 255 g/mol. The molecule has 1 aromatic carbocycles. The minimum atomic E-state index is -3.29. The molecule has 0 aliphatic carbocycles. The molecular formula is C12H13FN2O2S. The van der Waals surface area contributed by atoms with E-state index in [0.29, 0.717) is 24.9 Å². The van der Waals surface area contributed by atoms with Gasteiger partial charge in [-0.2, -0.15) is 5.26 Å². The van der Waals surface area contributed by atoms with Crippen LogP contribution < -0.4 is 5.32 Å². The van der Waals surface area contributed by atoms with Crippen molar-refractivity contribution in [1.82, 2.24) is 5.32 Å². The third kappa shape index (κ3) is 2.52. The van der Waals surface area contributed by atoms with Gasteiger partial charge in [-0.05, 0) is 30.2 Å². The number of hydrogen-bond donors (Lipinski definition) is 1. The summed E-state index contributed by atoms with van der Waals surface area (Å²) in [5.41, 5.74) is 0.471. The fraction of sp³-hybridized carbons (Fsp3) is 0.417. The SMILES string of the molecule is N#CCCNC1CCS(=O)(=O)c2ccc(F)cc21. The van der Waals surface area contributed by atoms with Crippen molar-refractivity contribution in [2.45, 2.75) is 23.8 Å². The lowest BCUT2D eigenvalue weighted by molar-refractivity contribution is 0.493. The standard InChI is InChI=1S/C12H13FN2O2S/c13-9-2-3-12-10(8-9)11(15-6-1-5-14)4-7-18(12,16)17/h2-3,8,11,15H,1,4,6-7H2. The van der Waals surface area contributed by atoms with E-state index in [4.69, 9.17) is 5.26 Å². The smallest absolute Gasteiger partial charge is 0.178 e. The first-order chi connectivity index (χ1) is 8.54. The number of rotatable bonds is 3. The molecule has 0 bridgehead atoms. The number of halogens is 1. The molecule has 0 amide bonds. The third-order valence-corrected chi connectivity index (χ3v) is 4.80. The van der Waals surface area contributed by atoms with Gasteiger partial charge in [0, 0.05) is 19.0 Å². The Morgan fingerprint density at radius 1 is 1.50 bits per heavy atom. The highest BCUT2D eigenvalue weighted by Crippen LogP contribution is 2.32. The fourth-order valence-corrected chi connectivity index (χ4v) is 3.73. The summed E-state index contributed by atoms with van der Waals surface area (Å²) < 4.78 is 36.9. The van der Waals surface area contributed by atoms with E-state index in [9.17, 15) is 12.8 Å². The quantitative estimate of drug-likeness (QED) is 0.667. The van der Waals surface area contributed by atoms with Crippen LogP contribution in [0.3, 0.4) is 0 Å². The molecule has 1 N–H and O–H groups in total. The molecule has 1 aromatic rings. The number of sulfone groups is 1. The van der Waals surface area contributed by atoms with E-state index in [-0.39, 0.29) is 16.7 Å². The van der Waals surface area contributed by atoms with Crippen molar-refractivity contribution in [2.75, 3.05) is 12.3 Å². The number of nitriles is 1. The second-order valence-corrected chi connectivity index (χ2v) is 6.28. The van der Waals surface area contributed by atoms with Crippen LogP contribution in [0.15, 0.2) is 23.1 Å². The zero-order valence-corrected chi connectivity index (χ0v) is 10.5. The van der Waals surface area contributed by atoms with Crippen molar-refractivity contribution in [1.29, 1.82) is 5.26 Å². The second-order valence-electron chi connectivity index (χ2n) is 4.20. The monoisotopic (exact) mass is 268 g/mol. The summed E-state index contributed by atoms with van der Waals surface area (Å²) in [4.78, 5) is 0.199. The van der Waals surface area contributed by atoms with Gasteiger partial charge in [0.05, 0.1) is 16.7 Å². The Morgan fingerprint density at radius 3 is 3.00 bits per heavy atom. The first-order valence-electron chi connectivity index (χ1n) is 5.67. The summed E-state index contributed by atoms with van der Waals surface area (Å²) in [6.45, 7) is 0.469. The normalized spacial score (nSPS) is 21.0. The number of benzene rings is 1. The lowest BCUT2D eigenvalue weighted by Crippen LogP contribution is -2.30. The average molecular weight is 268 g/mol. The number of fused-ring (bicyclic) bond motifs is 1. The molecule has 1 atom stereocenters. The lowest BCUT2D eigenvalue weighted by Gasteiger charge is -2.26. The van der Waals surface area contributed by atoms with Gasteiger partial charge in [0.15, 0.2) is 9.84 Å². The van der Waals surface area contributed by atoms with E-state index < -0.39 is 15.7 Å². The molecule has 1 heterocycles. The molecule has 0 aromatic heterocycles. The Morgan fingerprint density at radius 2 is 2.28 bits per heavy atom. The topological polar surface area (TPSA) is 70.0 Å². The zero-order valence-electron chi connectivity index (χ0n) is 9.69. The van der Waals surface area contributed by atoms with Gasteiger partial charge in [0.2, 0.25) is 0 Å². The van der Waals surface area contributed by atoms with Gasteiger partial charge in [-0.3, -0.25) is 0 Å². The van der Waals surface area contributed by atoms with Crippen LogP contribution in [0.25, 0.3) is 0 Å². The van der Waals surface area contributed by atoms with Gasteiger partial charge in [-0.1, -0.05) is 0 Å². The molecule has 1 unspecified atom stereocenters. The molecule has 1 aliphatic rings. The first-order valence-corrected chi connectivity index (χ1v) is 7.32. The van der Waals surface area contributed by atoms with Crippen LogP contribution in [0.2, 0.25) is 0 Å². The molecule has 1 aliphatic heterocycles. The third-order valence-electron chi connectivity index (χ3n) is 2.99. The summed E-state index contributed by atoms with van der Waals surface area (Å²) in [5, 5.41) is 11.6.